The molecule has 1 aromatic heterocycles. The van der Waals surface area contributed by atoms with Gasteiger partial charge in [-0.3, -0.25) is 25.0 Å². The monoisotopic (exact) mass is 459 g/mol. The molecule has 2 aromatic rings. The lowest BCUT2D eigenvalue weighted by Gasteiger charge is -2.33. The van der Waals surface area contributed by atoms with Crippen molar-refractivity contribution in [3.63, 3.8) is 0 Å². The van der Waals surface area contributed by atoms with Gasteiger partial charge in [0, 0.05) is 37.8 Å². The largest absolute Gasteiger partial charge is 0.462 e. The maximum Gasteiger partial charge on any atom is 0.342 e. The van der Waals surface area contributed by atoms with Crippen LogP contribution in [-0.4, -0.2) is 67.4 Å². The summed E-state index contributed by atoms with van der Waals surface area (Å²) >= 11 is 0. The van der Waals surface area contributed by atoms with Crippen LogP contribution in [0.1, 0.15) is 43.8 Å². The fourth-order valence-electron chi connectivity index (χ4n) is 3.62. The van der Waals surface area contributed by atoms with E-state index in [4.69, 9.17) is 14.9 Å². The van der Waals surface area contributed by atoms with Crippen LogP contribution in [-0.2, 0) is 4.74 Å². The number of nitrogens with one attached hydrogen (secondary N) is 1. The van der Waals surface area contributed by atoms with Gasteiger partial charge in [0.25, 0.3) is 17.5 Å². The molecule has 0 radical (unpaired) electrons. The lowest BCUT2D eigenvalue weighted by atomic mass is 10.1. The first-order valence-corrected chi connectivity index (χ1v) is 10.3. The highest BCUT2D eigenvalue weighted by molar-refractivity contribution is 6.12. The maximum absolute atomic E-state index is 12.8. The third-order valence-electron chi connectivity index (χ3n) is 5.32. The summed E-state index contributed by atoms with van der Waals surface area (Å²) in [5.74, 6) is -2.88. The minimum atomic E-state index is -0.999. The first-order chi connectivity index (χ1) is 15.6. The van der Waals surface area contributed by atoms with E-state index in [0.717, 1.165) is 19.2 Å². The maximum atomic E-state index is 12.8. The van der Waals surface area contributed by atoms with Gasteiger partial charge in [-0.2, -0.15) is 0 Å². The SMILES string of the molecule is CCOC(=O)c1c(C)oc(NC(=O)c2ccc(N3CCN(C)CC3)c([N+](=O)[O-])c2)c1C(N)=O. The zero-order valence-corrected chi connectivity index (χ0v) is 18.5. The number of rotatable bonds is 7. The van der Waals surface area contributed by atoms with Crippen molar-refractivity contribution in [2.24, 2.45) is 5.73 Å². The number of hydrogen-bond donors (Lipinski definition) is 2. The topological polar surface area (TPSA) is 161 Å². The Balaban J connectivity index is 1.91. The Hall–Kier alpha value is -3.93. The second kappa shape index (κ2) is 9.69. The quantitative estimate of drug-likeness (QED) is 0.357. The number of nitrogens with zero attached hydrogens (tertiary/aromatic N) is 3. The number of nitrogens with two attached hydrogens (primary N) is 1. The number of nitro benzene ring substituents is 1. The molecule has 3 N–H and O–H groups in total. The molecule has 1 aliphatic heterocycles. The van der Waals surface area contributed by atoms with Gasteiger partial charge in [0.1, 0.15) is 22.6 Å². The lowest BCUT2D eigenvalue weighted by Crippen LogP contribution is -2.44. The van der Waals surface area contributed by atoms with Crippen LogP contribution in [0.15, 0.2) is 22.6 Å². The highest BCUT2D eigenvalue weighted by Crippen LogP contribution is 2.32. The zero-order chi connectivity index (χ0) is 24.3. The number of furan rings is 1. The summed E-state index contributed by atoms with van der Waals surface area (Å²) in [7, 11) is 1.98. The molecule has 0 bridgehead atoms. The average molecular weight is 459 g/mol. The number of hydrogen-bond acceptors (Lipinski definition) is 9. The first kappa shape index (κ1) is 23.7. The molecule has 1 saturated heterocycles. The summed E-state index contributed by atoms with van der Waals surface area (Å²) in [6, 6.07) is 4.13. The molecule has 2 heterocycles. The number of primary amides is 1. The summed E-state index contributed by atoms with van der Waals surface area (Å²) in [5.41, 5.74) is 5.06. The van der Waals surface area contributed by atoms with E-state index in [1.807, 2.05) is 11.9 Å². The Labute approximate surface area is 189 Å². The molecule has 1 fully saturated rings. The molecule has 0 atom stereocenters. The number of anilines is 2. The predicted octanol–water partition coefficient (Wildman–Crippen LogP) is 1.78. The number of amides is 2. The normalized spacial score (nSPS) is 14.1. The highest BCUT2D eigenvalue weighted by Gasteiger charge is 2.30. The van der Waals surface area contributed by atoms with Gasteiger partial charge in [0.05, 0.1) is 11.5 Å². The van der Waals surface area contributed by atoms with E-state index >= 15 is 0 Å². The number of benzene rings is 1. The lowest BCUT2D eigenvalue weighted by molar-refractivity contribution is -0.384. The molecule has 0 saturated carbocycles. The van der Waals surface area contributed by atoms with Gasteiger partial charge in [-0.25, -0.2) is 4.79 Å². The Morgan fingerprint density at radius 1 is 1.21 bits per heavy atom. The molecular weight excluding hydrogens is 434 g/mol. The van der Waals surface area contributed by atoms with E-state index in [1.165, 1.54) is 19.1 Å². The molecule has 0 aliphatic carbocycles. The zero-order valence-electron chi connectivity index (χ0n) is 18.5. The number of carbonyl (C=O) groups is 3. The van der Waals surface area contributed by atoms with Crippen LogP contribution in [0.2, 0.25) is 0 Å². The number of nitro groups is 1. The van der Waals surface area contributed by atoms with E-state index in [-0.39, 0.29) is 40.6 Å². The summed E-state index contributed by atoms with van der Waals surface area (Å²) in [4.78, 5) is 52.2. The van der Waals surface area contributed by atoms with Crippen molar-refractivity contribution >= 4 is 35.0 Å². The number of ether oxygens (including phenoxy) is 1. The molecular formula is C21H25N5O7. The first-order valence-electron chi connectivity index (χ1n) is 10.3. The predicted molar refractivity (Wildman–Crippen MR) is 119 cm³/mol. The van der Waals surface area contributed by atoms with E-state index in [0.29, 0.717) is 18.8 Å². The summed E-state index contributed by atoms with van der Waals surface area (Å²) in [6.45, 7) is 5.83. The average Bonchev–Trinajstić information content (AvgIpc) is 3.09. The van der Waals surface area contributed by atoms with Crippen molar-refractivity contribution in [1.29, 1.82) is 0 Å². The molecule has 2 amide bonds. The van der Waals surface area contributed by atoms with Gasteiger partial charge in [0.2, 0.25) is 5.88 Å². The molecule has 33 heavy (non-hydrogen) atoms. The second-order valence-corrected chi connectivity index (χ2v) is 7.53. The molecule has 1 aliphatic rings. The van der Waals surface area contributed by atoms with Crippen LogP contribution < -0.4 is 16.0 Å². The summed E-state index contributed by atoms with van der Waals surface area (Å²) < 4.78 is 10.3. The molecule has 12 nitrogen and oxygen atoms in total. The Morgan fingerprint density at radius 3 is 2.45 bits per heavy atom. The number of aryl methyl sites for hydroxylation is 1. The van der Waals surface area contributed by atoms with Crippen molar-refractivity contribution in [3.8, 4) is 0 Å². The summed E-state index contributed by atoms with van der Waals surface area (Å²) in [6.07, 6.45) is 0. The Bertz CT molecular complexity index is 1100. The van der Waals surface area contributed by atoms with Crippen molar-refractivity contribution in [1.82, 2.24) is 4.90 Å². The Kier molecular flexibility index (Phi) is 6.97. The third-order valence-corrected chi connectivity index (χ3v) is 5.32. The van der Waals surface area contributed by atoms with E-state index in [9.17, 15) is 24.5 Å². The van der Waals surface area contributed by atoms with Crippen molar-refractivity contribution < 1.29 is 28.5 Å². The van der Waals surface area contributed by atoms with Crippen molar-refractivity contribution in [2.45, 2.75) is 13.8 Å². The highest BCUT2D eigenvalue weighted by atomic mass is 16.6. The number of piperazine rings is 1. The smallest absolute Gasteiger partial charge is 0.342 e. The van der Waals surface area contributed by atoms with E-state index in [1.54, 1.807) is 6.92 Å². The van der Waals surface area contributed by atoms with Gasteiger partial charge >= 0.3 is 5.97 Å². The van der Waals surface area contributed by atoms with Gasteiger partial charge < -0.3 is 24.7 Å². The van der Waals surface area contributed by atoms with Gasteiger partial charge in [0.15, 0.2) is 0 Å². The van der Waals surface area contributed by atoms with Crippen LogP contribution in [0.3, 0.4) is 0 Å². The number of likely N-dealkylation sites (N-methyl/N-ethyl adjacent to an activating group) is 1. The van der Waals surface area contributed by atoms with E-state index in [2.05, 4.69) is 10.2 Å². The number of esters is 1. The van der Waals surface area contributed by atoms with Crippen molar-refractivity contribution in [2.75, 3.05) is 50.1 Å². The van der Waals surface area contributed by atoms with Crippen LogP contribution in [0.4, 0.5) is 17.3 Å². The van der Waals surface area contributed by atoms with Crippen LogP contribution >= 0.6 is 0 Å². The van der Waals surface area contributed by atoms with Crippen LogP contribution in [0.25, 0.3) is 0 Å². The molecule has 0 spiro atoms. The van der Waals surface area contributed by atoms with Crippen LogP contribution in [0.5, 0.6) is 0 Å². The second-order valence-electron chi connectivity index (χ2n) is 7.53. The Morgan fingerprint density at radius 2 is 1.88 bits per heavy atom. The van der Waals surface area contributed by atoms with Gasteiger partial charge in [-0.05, 0) is 33.0 Å². The summed E-state index contributed by atoms with van der Waals surface area (Å²) in [5, 5.41) is 14.1. The molecule has 12 heteroatoms. The third kappa shape index (κ3) is 4.95. The molecule has 176 valence electrons. The molecule has 3 rings (SSSR count). The number of carbonyl (C=O) groups excluding carboxylic acids is 3. The fraction of sp³-hybridized carbons (Fsp3) is 0.381. The van der Waals surface area contributed by atoms with E-state index < -0.39 is 22.7 Å². The van der Waals surface area contributed by atoms with Crippen molar-refractivity contribution in [3.05, 3.63) is 50.8 Å². The standard InChI is InChI=1S/C21H25N5O7/c1-4-32-21(29)16-12(2)33-20(17(16)18(22)27)23-19(28)13-5-6-14(15(11-13)26(30)31)25-9-7-24(3)8-10-25/h5-6,11H,4,7-10H2,1-3H3,(H2,22,27)(H,23,28). The minimum absolute atomic E-state index is 0.0262. The van der Waals surface area contributed by atoms with Gasteiger partial charge in [-0.15, -0.1) is 0 Å². The fourth-order valence-corrected chi connectivity index (χ4v) is 3.62. The van der Waals surface area contributed by atoms with Crippen LogP contribution in [0, 0.1) is 17.0 Å². The molecule has 0 unspecified atom stereocenters. The minimum Gasteiger partial charge on any atom is -0.462 e. The molecule has 1 aromatic carbocycles. The van der Waals surface area contributed by atoms with Gasteiger partial charge in [-0.1, -0.05) is 0 Å².